The van der Waals surface area contributed by atoms with Crippen LogP contribution < -0.4 is 0 Å². The molecule has 0 aliphatic heterocycles. The molecule has 0 spiro atoms. The quantitative estimate of drug-likeness (QED) is 0.0896. The molecule has 0 atom stereocenters. The maximum atomic E-state index is 2.60. The lowest BCUT2D eigenvalue weighted by atomic mass is 10.1. The Morgan fingerprint density at radius 1 is 0.429 bits per heavy atom. The largest absolute Gasteiger partial charge is 0.306 e. The van der Waals surface area contributed by atoms with Gasteiger partial charge in [0, 0.05) is 50.1 Å². The summed E-state index contributed by atoms with van der Waals surface area (Å²) in [7, 11) is 0. The van der Waals surface area contributed by atoms with Gasteiger partial charge in [-0.05, 0) is 269 Å². The molecule has 0 aliphatic carbocycles. The van der Waals surface area contributed by atoms with Crippen molar-refractivity contribution in [2.75, 3.05) is 0 Å². The van der Waals surface area contributed by atoms with E-state index in [1.807, 2.05) is 0 Å². The van der Waals surface area contributed by atoms with Gasteiger partial charge in [-0.2, -0.15) is 0 Å². The normalized spacial score (nSPS) is 12.0. The summed E-state index contributed by atoms with van der Waals surface area (Å²) in [6.45, 7) is 4.51. The van der Waals surface area contributed by atoms with E-state index in [9.17, 15) is 0 Å². The van der Waals surface area contributed by atoms with Gasteiger partial charge >= 0.3 is 0 Å². The van der Waals surface area contributed by atoms with E-state index in [1.54, 1.807) is 0 Å². The third kappa shape index (κ3) is 5.00. The van der Waals surface area contributed by atoms with Crippen molar-refractivity contribution in [2.24, 2.45) is 0 Å². The van der Waals surface area contributed by atoms with Crippen LogP contribution in [0.5, 0.6) is 0 Å². The molecule has 1 heterocycles. The highest BCUT2D eigenvalue weighted by Crippen LogP contribution is 2.48. The molecule has 0 fully saturated rings. The van der Waals surface area contributed by atoms with Crippen LogP contribution in [0.1, 0.15) is 11.1 Å². The van der Waals surface area contributed by atoms with Gasteiger partial charge in [0.2, 0.25) is 0 Å². The maximum Gasteiger partial charge on any atom is 0.0697 e. The van der Waals surface area contributed by atoms with E-state index in [2.05, 4.69) is 263 Å². The molecule has 4 aromatic carbocycles. The van der Waals surface area contributed by atoms with Crippen molar-refractivity contribution in [3.05, 3.63) is 65.0 Å². The van der Waals surface area contributed by atoms with Gasteiger partial charge in [0.1, 0.15) is 0 Å². The van der Waals surface area contributed by atoms with Crippen LogP contribution in [0.2, 0.25) is 0 Å². The Morgan fingerprint density at radius 3 is 1.66 bits per heavy atom. The molecule has 0 saturated carbocycles. The minimum Gasteiger partial charge on any atom is -0.306 e. The fourth-order valence-corrected chi connectivity index (χ4v) is 13.4. The molecule has 0 amide bonds. The minimum absolute atomic E-state index is 1.30. The Bertz CT molecular complexity index is 1770. The number of aromatic nitrogens is 1. The number of rotatable bonds is 1. The van der Waals surface area contributed by atoms with Gasteiger partial charge in [-0.25, -0.2) is 0 Å². The Morgan fingerprint density at radius 2 is 1.00 bits per heavy atom. The molecule has 5 aromatic rings. The number of hydrogen-bond donors (Lipinski definition) is 0. The number of fused-ring (bicyclic) bond motifs is 4. The van der Waals surface area contributed by atoms with Gasteiger partial charge in [0.05, 0.1) is 23.9 Å². The van der Waals surface area contributed by atoms with Crippen molar-refractivity contribution in [2.45, 2.75) is 13.8 Å². The third-order valence-electron chi connectivity index (χ3n) is 5.90. The Balaban J connectivity index is 2.24. The molecule has 0 bridgehead atoms. The number of benzene rings is 4. The van der Waals surface area contributed by atoms with Crippen LogP contribution in [0.3, 0.4) is 0 Å². The molecule has 0 N–H and O–H groups in total. The summed E-state index contributed by atoms with van der Waals surface area (Å²) in [6, 6.07) is 7.01. The van der Waals surface area contributed by atoms with E-state index < -0.39 is 0 Å². The summed E-state index contributed by atoms with van der Waals surface area (Å²) < 4.78 is 15.8. The Hall–Kier alpha value is 4.24. The minimum atomic E-state index is 1.30. The van der Waals surface area contributed by atoms with Gasteiger partial charge in [-0.3, -0.25) is 0 Å². The van der Waals surface area contributed by atoms with E-state index in [-0.39, 0.29) is 0 Å². The van der Waals surface area contributed by atoms with Crippen molar-refractivity contribution in [3.8, 4) is 5.69 Å². The van der Waals surface area contributed by atoms with Crippen molar-refractivity contribution in [1.82, 2.24) is 4.57 Å². The van der Waals surface area contributed by atoms with E-state index in [0.29, 0.717) is 0 Å². The topological polar surface area (TPSA) is 4.93 Å². The van der Waals surface area contributed by atoms with E-state index in [1.165, 1.54) is 85.1 Å². The zero-order valence-corrected chi connectivity index (χ0v) is 39.0. The first-order valence-electron chi connectivity index (χ1n) is 9.79. The van der Waals surface area contributed by atoms with Crippen LogP contribution in [0.4, 0.5) is 0 Å². The number of hydrogen-bond acceptors (Lipinski definition) is 0. The molecule has 0 aliphatic rings. The van der Waals surface area contributed by atoms with Gasteiger partial charge < -0.3 is 4.57 Å². The smallest absolute Gasteiger partial charge is 0.0697 e. The molecule has 1 aromatic heterocycles. The zero-order chi connectivity index (χ0) is 25.7. The van der Waals surface area contributed by atoms with Crippen molar-refractivity contribution >= 4 is 258 Å². The lowest BCUT2D eigenvalue weighted by Crippen LogP contribution is -2.07. The van der Waals surface area contributed by atoms with Crippen LogP contribution >= 0.6 is 226 Å². The van der Waals surface area contributed by atoms with Crippen LogP contribution in [0, 0.1) is 49.5 Å². The average Bonchev–Trinajstić information content (AvgIpc) is 3.15. The molecule has 11 heteroatoms. The summed E-state index contributed by atoms with van der Waals surface area (Å²) >= 11 is 25.5. The van der Waals surface area contributed by atoms with Gasteiger partial charge in [-0.1, -0.05) is 0 Å². The second kappa shape index (κ2) is 11.7. The van der Waals surface area contributed by atoms with Crippen molar-refractivity contribution < 1.29 is 0 Å². The second-order valence-electron chi connectivity index (χ2n) is 7.96. The second-order valence-corrected chi connectivity index (χ2v) is 19.1. The van der Waals surface area contributed by atoms with E-state index >= 15 is 0 Å². The Kier molecular flexibility index (Phi) is 10.3. The average molecular weight is 1580 g/mol. The molecular weight excluding hydrogens is 1570 g/mol. The van der Waals surface area contributed by atoms with Gasteiger partial charge in [-0.15, -0.1) is 0 Å². The molecule has 0 radical (unpaired) electrons. The molecular formula is C24H9I10N. The molecule has 0 saturated heterocycles. The fraction of sp³-hybridized carbons (Fsp3) is 0.0833. The summed E-state index contributed by atoms with van der Waals surface area (Å²) in [5.41, 5.74) is 6.61. The number of aryl methyl sites for hydroxylation is 2. The van der Waals surface area contributed by atoms with Crippen molar-refractivity contribution in [1.29, 1.82) is 0 Å². The highest BCUT2D eigenvalue weighted by molar-refractivity contribution is 14.1. The van der Waals surface area contributed by atoms with Crippen LogP contribution in [-0.4, -0.2) is 4.57 Å². The molecule has 5 rings (SSSR count). The first-order valence-corrected chi connectivity index (χ1v) is 20.6. The van der Waals surface area contributed by atoms with E-state index in [4.69, 9.17) is 0 Å². The predicted octanol–water partition coefficient (Wildman–Crippen LogP) is 12.6. The predicted molar refractivity (Wildman–Crippen MR) is 235 cm³/mol. The number of halogens is 10. The number of nitrogens with zero attached hydrogens (tertiary/aromatic N) is 1. The highest BCUT2D eigenvalue weighted by atomic mass is 127. The van der Waals surface area contributed by atoms with Crippen molar-refractivity contribution in [3.63, 3.8) is 0 Å². The fourth-order valence-electron chi connectivity index (χ4n) is 4.44. The van der Waals surface area contributed by atoms with Crippen LogP contribution in [0.15, 0.2) is 18.2 Å². The Labute approximate surface area is 339 Å². The third-order valence-corrected chi connectivity index (χ3v) is 20.2. The standard InChI is InChI=1S/C24H9I10N/c1-6-3-8(25)12-14(16(6)29)24(21(34)20(33)19(12)32)35-22-7(2)4-10(27)17(30)15(22)13-9(26)5-11(28)18(31)23(13)35/h3-5H,1-2H3. The monoisotopic (exact) mass is 1580 g/mol. The van der Waals surface area contributed by atoms with Crippen LogP contribution in [-0.2, 0) is 0 Å². The first-order chi connectivity index (χ1) is 16.4. The molecule has 1 nitrogen and oxygen atoms in total. The van der Waals surface area contributed by atoms with Gasteiger partial charge in [0.25, 0.3) is 0 Å². The lowest BCUT2D eigenvalue weighted by Gasteiger charge is -2.21. The maximum absolute atomic E-state index is 2.60. The lowest BCUT2D eigenvalue weighted by molar-refractivity contribution is 1.15. The first kappa shape index (κ1) is 30.7. The van der Waals surface area contributed by atoms with Crippen LogP contribution in [0.25, 0.3) is 38.3 Å². The highest BCUT2D eigenvalue weighted by Gasteiger charge is 2.28. The molecule has 35 heavy (non-hydrogen) atoms. The summed E-state index contributed by atoms with van der Waals surface area (Å²) in [6.07, 6.45) is 0. The molecule has 0 unspecified atom stereocenters. The molecule has 180 valence electrons. The zero-order valence-electron chi connectivity index (χ0n) is 17.5. The summed E-state index contributed by atoms with van der Waals surface area (Å²) in [5, 5.41) is 5.47. The SMILES string of the molecule is Cc1cc(I)c2c(I)c(I)c(I)c(-n3c4c(C)cc(I)c(I)c4c4c(I)cc(I)c(I)c43)c2c1I. The summed E-state index contributed by atoms with van der Waals surface area (Å²) in [4.78, 5) is 0. The summed E-state index contributed by atoms with van der Waals surface area (Å²) in [5.74, 6) is 0. The van der Waals surface area contributed by atoms with Gasteiger partial charge in [0.15, 0.2) is 0 Å². The van der Waals surface area contributed by atoms with E-state index in [0.717, 1.165) is 0 Å².